The van der Waals surface area contributed by atoms with Crippen LogP contribution in [0.3, 0.4) is 0 Å². The molecule has 0 bridgehead atoms. The Morgan fingerprint density at radius 2 is 1.94 bits per heavy atom. The highest BCUT2D eigenvalue weighted by molar-refractivity contribution is 7.98. The first-order chi connectivity index (χ1) is 17.2. The van der Waals surface area contributed by atoms with Gasteiger partial charge in [-0.15, -0.1) is 11.8 Å². The highest BCUT2D eigenvalue weighted by Crippen LogP contribution is 2.32. The first kappa shape index (κ1) is 26.8. The SMILES string of the molecule is COc1ccc(/C=C/C(=O)c2cccc(OC(F)F)c2)cc1CSc1nc(C(F)F)cc(C)c1C#N. The van der Waals surface area contributed by atoms with Crippen LogP contribution >= 0.6 is 11.8 Å². The number of ether oxygens (including phenoxy) is 2. The monoisotopic (exact) mass is 516 g/mol. The lowest BCUT2D eigenvalue weighted by molar-refractivity contribution is -0.0498. The number of benzene rings is 2. The lowest BCUT2D eigenvalue weighted by Gasteiger charge is -2.12. The summed E-state index contributed by atoms with van der Waals surface area (Å²) in [6, 6.07) is 13.8. The first-order valence-electron chi connectivity index (χ1n) is 10.5. The van der Waals surface area contributed by atoms with Crippen LogP contribution in [0.1, 0.15) is 44.7 Å². The van der Waals surface area contributed by atoms with Crippen molar-refractivity contribution in [3.63, 3.8) is 0 Å². The maximum Gasteiger partial charge on any atom is 0.387 e. The quantitative estimate of drug-likeness (QED) is 0.125. The Morgan fingerprint density at radius 3 is 2.61 bits per heavy atom. The number of carbonyl (C=O) groups excluding carboxylic acids is 1. The van der Waals surface area contributed by atoms with Crippen LogP contribution in [0.5, 0.6) is 11.5 Å². The maximum absolute atomic E-state index is 13.2. The van der Waals surface area contributed by atoms with E-state index in [0.29, 0.717) is 22.4 Å². The Bertz CT molecular complexity index is 1320. The number of rotatable bonds is 10. The molecule has 0 saturated heterocycles. The number of thioether (sulfide) groups is 1. The molecule has 2 aromatic carbocycles. The van der Waals surface area contributed by atoms with Crippen LogP contribution in [0.25, 0.3) is 6.08 Å². The molecule has 0 spiro atoms. The van der Waals surface area contributed by atoms with Gasteiger partial charge in [0.05, 0.1) is 12.7 Å². The van der Waals surface area contributed by atoms with Crippen LogP contribution in [0.2, 0.25) is 0 Å². The van der Waals surface area contributed by atoms with Gasteiger partial charge in [0.25, 0.3) is 6.43 Å². The zero-order chi connectivity index (χ0) is 26.2. The number of methoxy groups -OCH3 is 1. The van der Waals surface area contributed by atoms with Gasteiger partial charge in [0.2, 0.25) is 0 Å². The van der Waals surface area contributed by atoms with Gasteiger partial charge in [-0.2, -0.15) is 14.0 Å². The normalized spacial score (nSPS) is 11.2. The van der Waals surface area contributed by atoms with E-state index in [1.807, 2.05) is 6.07 Å². The second kappa shape index (κ2) is 12.2. The van der Waals surface area contributed by atoms with Crippen LogP contribution in [-0.4, -0.2) is 24.5 Å². The van der Waals surface area contributed by atoms with E-state index in [1.54, 1.807) is 31.2 Å². The Kier molecular flexibility index (Phi) is 9.08. The zero-order valence-corrected chi connectivity index (χ0v) is 20.0. The molecular weight excluding hydrogens is 496 g/mol. The fourth-order valence-electron chi connectivity index (χ4n) is 3.28. The average molecular weight is 517 g/mol. The molecule has 186 valence electrons. The van der Waals surface area contributed by atoms with Crippen molar-refractivity contribution in [2.75, 3.05) is 7.11 Å². The van der Waals surface area contributed by atoms with Gasteiger partial charge in [0.15, 0.2) is 5.78 Å². The standard InChI is InChI=1S/C26H20F4N2O3S/c1-15-10-21(24(27)28)32-25(20(15)13-31)36-14-18-11-16(7-9-23(18)34-2)6-8-22(33)17-4-3-5-19(12-17)35-26(29)30/h3-12,24,26H,14H2,1-2H3/b8-6+. The largest absolute Gasteiger partial charge is 0.496 e. The molecule has 0 amide bonds. The number of aryl methyl sites for hydroxylation is 1. The van der Waals surface area contributed by atoms with E-state index in [2.05, 4.69) is 9.72 Å². The van der Waals surface area contributed by atoms with Gasteiger partial charge in [0.1, 0.15) is 28.3 Å². The number of aromatic nitrogens is 1. The van der Waals surface area contributed by atoms with E-state index in [9.17, 15) is 27.6 Å². The van der Waals surface area contributed by atoms with E-state index >= 15 is 0 Å². The highest BCUT2D eigenvalue weighted by atomic mass is 32.2. The summed E-state index contributed by atoms with van der Waals surface area (Å²) in [6.45, 7) is -1.42. The van der Waals surface area contributed by atoms with E-state index in [4.69, 9.17) is 4.74 Å². The summed E-state index contributed by atoms with van der Waals surface area (Å²) in [5.74, 6) is 0.260. The van der Waals surface area contributed by atoms with Crippen molar-refractivity contribution in [2.24, 2.45) is 0 Å². The molecule has 1 heterocycles. The third kappa shape index (κ3) is 6.86. The Labute approximate surface area is 209 Å². The van der Waals surface area contributed by atoms with Crippen molar-refractivity contribution >= 4 is 23.6 Å². The first-order valence-corrected chi connectivity index (χ1v) is 11.5. The summed E-state index contributed by atoms with van der Waals surface area (Å²) in [7, 11) is 1.48. The molecule has 0 unspecified atom stereocenters. The van der Waals surface area contributed by atoms with Gasteiger partial charge in [-0.1, -0.05) is 24.3 Å². The fourth-order valence-corrected chi connectivity index (χ4v) is 4.31. The van der Waals surface area contributed by atoms with Gasteiger partial charge in [0, 0.05) is 16.9 Å². The third-order valence-corrected chi connectivity index (χ3v) is 6.00. The van der Waals surface area contributed by atoms with Crippen molar-refractivity contribution < 1.29 is 31.8 Å². The van der Waals surface area contributed by atoms with Crippen LogP contribution in [0.15, 0.2) is 59.6 Å². The molecular formula is C26H20F4N2O3S. The summed E-state index contributed by atoms with van der Waals surface area (Å²) < 4.78 is 61.0. The van der Waals surface area contributed by atoms with E-state index in [1.165, 1.54) is 43.5 Å². The molecule has 5 nitrogen and oxygen atoms in total. The molecule has 0 radical (unpaired) electrons. The number of nitrogens with zero attached hydrogens (tertiary/aromatic N) is 2. The van der Waals surface area contributed by atoms with Crippen LogP contribution in [0, 0.1) is 18.3 Å². The summed E-state index contributed by atoms with van der Waals surface area (Å²) in [5, 5.41) is 9.64. The minimum atomic E-state index is -3.00. The van der Waals surface area contributed by atoms with Crippen LogP contribution < -0.4 is 9.47 Å². The van der Waals surface area contributed by atoms with Gasteiger partial charge in [-0.05, 0) is 54.5 Å². The smallest absolute Gasteiger partial charge is 0.387 e. The molecule has 3 rings (SSSR count). The molecule has 0 aliphatic carbocycles. The number of pyridine rings is 1. The van der Waals surface area contributed by atoms with Crippen molar-refractivity contribution in [2.45, 2.75) is 30.7 Å². The molecule has 3 aromatic rings. The summed E-state index contributed by atoms with van der Waals surface area (Å²) >= 11 is 1.12. The number of halogens is 4. The van der Waals surface area contributed by atoms with Gasteiger partial charge >= 0.3 is 6.61 Å². The maximum atomic E-state index is 13.2. The minimum absolute atomic E-state index is 0.121. The van der Waals surface area contributed by atoms with Gasteiger partial charge in [-0.25, -0.2) is 13.8 Å². The van der Waals surface area contributed by atoms with E-state index in [-0.39, 0.29) is 27.7 Å². The zero-order valence-electron chi connectivity index (χ0n) is 19.2. The molecule has 0 N–H and O–H groups in total. The number of alkyl halides is 4. The second-order valence-electron chi connectivity index (χ2n) is 7.42. The van der Waals surface area contributed by atoms with E-state index in [0.717, 1.165) is 11.8 Å². The van der Waals surface area contributed by atoms with Gasteiger partial charge < -0.3 is 9.47 Å². The van der Waals surface area contributed by atoms with Crippen LogP contribution in [0.4, 0.5) is 17.6 Å². The second-order valence-corrected chi connectivity index (χ2v) is 8.38. The predicted molar refractivity (Wildman–Crippen MR) is 128 cm³/mol. The number of hydrogen-bond acceptors (Lipinski definition) is 6. The lowest BCUT2D eigenvalue weighted by Crippen LogP contribution is -2.03. The molecule has 0 aliphatic rings. The van der Waals surface area contributed by atoms with Crippen LogP contribution in [-0.2, 0) is 5.75 Å². The number of ketones is 1. The molecule has 0 fully saturated rings. The minimum Gasteiger partial charge on any atom is -0.496 e. The van der Waals surface area contributed by atoms with Crippen molar-refractivity contribution in [3.05, 3.63) is 88.1 Å². The Hall–Kier alpha value is -3.84. The molecule has 0 aliphatic heterocycles. The molecule has 1 aromatic heterocycles. The Morgan fingerprint density at radius 1 is 1.17 bits per heavy atom. The lowest BCUT2D eigenvalue weighted by atomic mass is 10.1. The van der Waals surface area contributed by atoms with E-state index < -0.39 is 24.5 Å². The van der Waals surface area contributed by atoms with Crippen molar-refractivity contribution in [3.8, 4) is 17.6 Å². The molecule has 0 saturated carbocycles. The number of nitriles is 1. The van der Waals surface area contributed by atoms with Gasteiger partial charge in [-0.3, -0.25) is 4.79 Å². The summed E-state index contributed by atoms with van der Waals surface area (Å²) in [6.07, 6.45) is 0.0845. The number of carbonyl (C=O) groups is 1. The molecule has 36 heavy (non-hydrogen) atoms. The number of allylic oxidation sites excluding steroid dienone is 1. The predicted octanol–water partition coefficient (Wildman–Crippen LogP) is 7.00. The molecule has 0 atom stereocenters. The summed E-state index contributed by atoms with van der Waals surface area (Å²) in [4.78, 5) is 16.5. The third-order valence-electron chi connectivity index (χ3n) is 4.98. The highest BCUT2D eigenvalue weighted by Gasteiger charge is 2.17. The molecule has 10 heteroatoms. The number of hydrogen-bond donors (Lipinski definition) is 0. The fraction of sp³-hybridized carbons (Fsp3) is 0.192. The topological polar surface area (TPSA) is 72.2 Å². The van der Waals surface area contributed by atoms with Crippen molar-refractivity contribution in [1.29, 1.82) is 5.26 Å². The average Bonchev–Trinajstić information content (AvgIpc) is 2.85. The summed E-state index contributed by atoms with van der Waals surface area (Å²) in [5.41, 5.74) is 1.75. The Balaban J connectivity index is 1.81. The van der Waals surface area contributed by atoms with Crippen molar-refractivity contribution in [1.82, 2.24) is 4.98 Å².